The first-order valence-corrected chi connectivity index (χ1v) is 8.58. The molecule has 6 heteroatoms. The molecule has 1 aliphatic rings. The van der Waals surface area contributed by atoms with Crippen LogP contribution >= 0.6 is 0 Å². The monoisotopic (exact) mass is 351 g/mol. The van der Waals surface area contributed by atoms with Gasteiger partial charge >= 0.3 is 0 Å². The summed E-state index contributed by atoms with van der Waals surface area (Å²) in [6.45, 7) is 2.51. The summed E-state index contributed by atoms with van der Waals surface area (Å²) in [7, 11) is 0. The van der Waals surface area contributed by atoms with Crippen molar-refractivity contribution in [3.05, 3.63) is 71.3 Å². The van der Waals surface area contributed by atoms with Gasteiger partial charge in [0.1, 0.15) is 0 Å². The molecule has 0 radical (unpaired) electrons. The van der Waals surface area contributed by atoms with Crippen molar-refractivity contribution in [1.29, 1.82) is 0 Å². The van der Waals surface area contributed by atoms with Gasteiger partial charge in [0, 0.05) is 43.9 Å². The minimum atomic E-state index is -0.214. The van der Waals surface area contributed by atoms with E-state index in [1.165, 1.54) is 0 Å². The molecule has 0 saturated carbocycles. The maximum atomic E-state index is 12.6. The van der Waals surface area contributed by atoms with Gasteiger partial charge in [-0.05, 0) is 23.8 Å². The molecule has 0 unspecified atom stereocenters. The van der Waals surface area contributed by atoms with Gasteiger partial charge in [-0.3, -0.25) is 14.4 Å². The maximum absolute atomic E-state index is 12.6. The Morgan fingerprint density at radius 3 is 2.31 bits per heavy atom. The Hall–Kier alpha value is -3.15. The highest BCUT2D eigenvalue weighted by atomic mass is 16.2. The molecule has 1 fully saturated rings. The minimum Gasteiger partial charge on any atom is -0.348 e. The highest BCUT2D eigenvalue weighted by molar-refractivity contribution is 5.99. The van der Waals surface area contributed by atoms with Crippen molar-refractivity contribution in [2.45, 2.75) is 6.54 Å². The summed E-state index contributed by atoms with van der Waals surface area (Å²) in [5.41, 5.74) is 1.95. The molecule has 1 heterocycles. The lowest BCUT2D eigenvalue weighted by Crippen LogP contribution is -2.48. The Morgan fingerprint density at radius 1 is 0.923 bits per heavy atom. The van der Waals surface area contributed by atoms with E-state index in [1.54, 1.807) is 34.1 Å². The molecule has 0 spiro atoms. The SMILES string of the molecule is O=CN1CCN(C(=O)c2cccc(C(=O)NCc3ccccc3)c2)CC1. The van der Waals surface area contributed by atoms with Crippen LogP contribution in [0.4, 0.5) is 0 Å². The predicted molar refractivity (Wildman–Crippen MR) is 97.6 cm³/mol. The summed E-state index contributed by atoms with van der Waals surface area (Å²) < 4.78 is 0. The summed E-state index contributed by atoms with van der Waals surface area (Å²) in [6, 6.07) is 16.4. The molecule has 3 rings (SSSR count). The van der Waals surface area contributed by atoms with Crippen LogP contribution in [0.15, 0.2) is 54.6 Å². The minimum absolute atomic E-state index is 0.117. The van der Waals surface area contributed by atoms with Gasteiger partial charge in [-0.15, -0.1) is 0 Å². The molecule has 2 aromatic rings. The molecular formula is C20H21N3O3. The van der Waals surface area contributed by atoms with Crippen molar-refractivity contribution in [3.8, 4) is 0 Å². The third-order valence-corrected chi connectivity index (χ3v) is 4.42. The van der Waals surface area contributed by atoms with E-state index in [1.807, 2.05) is 30.3 Å². The molecule has 1 saturated heterocycles. The Bertz CT molecular complexity index is 784. The summed E-state index contributed by atoms with van der Waals surface area (Å²) in [5, 5.41) is 2.86. The van der Waals surface area contributed by atoms with E-state index in [0.29, 0.717) is 43.9 Å². The number of nitrogens with zero attached hydrogens (tertiary/aromatic N) is 2. The van der Waals surface area contributed by atoms with Crippen LogP contribution in [-0.4, -0.2) is 54.2 Å². The third kappa shape index (κ3) is 4.27. The van der Waals surface area contributed by atoms with E-state index >= 15 is 0 Å². The van der Waals surface area contributed by atoms with Gasteiger partial charge in [0.25, 0.3) is 11.8 Å². The summed E-state index contributed by atoms with van der Waals surface area (Å²) in [4.78, 5) is 39.1. The van der Waals surface area contributed by atoms with Crippen LogP contribution in [0.5, 0.6) is 0 Å². The van der Waals surface area contributed by atoms with Crippen LogP contribution in [-0.2, 0) is 11.3 Å². The van der Waals surface area contributed by atoms with E-state index in [4.69, 9.17) is 0 Å². The molecule has 0 aliphatic carbocycles. The molecule has 3 amide bonds. The zero-order chi connectivity index (χ0) is 18.4. The van der Waals surface area contributed by atoms with E-state index in [2.05, 4.69) is 5.32 Å². The van der Waals surface area contributed by atoms with Crippen molar-refractivity contribution in [2.75, 3.05) is 26.2 Å². The zero-order valence-electron chi connectivity index (χ0n) is 14.4. The van der Waals surface area contributed by atoms with E-state index < -0.39 is 0 Å². The molecule has 1 N–H and O–H groups in total. The Balaban J connectivity index is 1.63. The number of hydrogen-bond donors (Lipinski definition) is 1. The fourth-order valence-corrected chi connectivity index (χ4v) is 2.89. The van der Waals surface area contributed by atoms with Gasteiger partial charge in [-0.2, -0.15) is 0 Å². The molecule has 2 aromatic carbocycles. The zero-order valence-corrected chi connectivity index (χ0v) is 14.4. The summed E-state index contributed by atoms with van der Waals surface area (Å²) >= 11 is 0. The number of nitrogens with one attached hydrogen (secondary N) is 1. The average Bonchev–Trinajstić information content (AvgIpc) is 2.72. The first-order chi connectivity index (χ1) is 12.7. The van der Waals surface area contributed by atoms with E-state index in [9.17, 15) is 14.4 Å². The van der Waals surface area contributed by atoms with Gasteiger partial charge in [0.2, 0.25) is 6.41 Å². The number of hydrogen-bond acceptors (Lipinski definition) is 3. The Labute approximate surface area is 152 Å². The lowest BCUT2D eigenvalue weighted by molar-refractivity contribution is -0.119. The van der Waals surface area contributed by atoms with E-state index in [-0.39, 0.29) is 11.8 Å². The fraction of sp³-hybridized carbons (Fsp3) is 0.250. The van der Waals surface area contributed by atoms with Crippen LogP contribution in [0.1, 0.15) is 26.3 Å². The van der Waals surface area contributed by atoms with Gasteiger partial charge in [-0.25, -0.2) is 0 Å². The highest BCUT2D eigenvalue weighted by Gasteiger charge is 2.21. The fourth-order valence-electron chi connectivity index (χ4n) is 2.89. The lowest BCUT2D eigenvalue weighted by Gasteiger charge is -2.32. The second-order valence-electron chi connectivity index (χ2n) is 6.18. The van der Waals surface area contributed by atoms with Crippen LogP contribution in [0.3, 0.4) is 0 Å². The molecule has 0 atom stereocenters. The first-order valence-electron chi connectivity index (χ1n) is 8.58. The average molecular weight is 351 g/mol. The lowest BCUT2D eigenvalue weighted by atomic mass is 10.1. The smallest absolute Gasteiger partial charge is 0.253 e. The highest BCUT2D eigenvalue weighted by Crippen LogP contribution is 2.11. The molecule has 1 aliphatic heterocycles. The maximum Gasteiger partial charge on any atom is 0.253 e. The van der Waals surface area contributed by atoms with Crippen molar-refractivity contribution in [3.63, 3.8) is 0 Å². The summed E-state index contributed by atoms with van der Waals surface area (Å²) in [5.74, 6) is -0.331. The molecule has 134 valence electrons. The second-order valence-corrected chi connectivity index (χ2v) is 6.18. The number of benzene rings is 2. The number of carbonyl (C=O) groups is 3. The topological polar surface area (TPSA) is 69.7 Å². The van der Waals surface area contributed by atoms with Crippen LogP contribution < -0.4 is 5.32 Å². The van der Waals surface area contributed by atoms with Crippen LogP contribution in [0.25, 0.3) is 0 Å². The van der Waals surface area contributed by atoms with Gasteiger partial charge in [0.05, 0.1) is 0 Å². The molecular weight excluding hydrogens is 330 g/mol. The predicted octanol–water partition coefficient (Wildman–Crippen LogP) is 1.53. The number of amides is 3. The second kappa shape index (κ2) is 8.29. The first kappa shape index (κ1) is 17.7. The third-order valence-electron chi connectivity index (χ3n) is 4.42. The Morgan fingerprint density at radius 2 is 1.62 bits per heavy atom. The van der Waals surface area contributed by atoms with Gasteiger partial charge in [-0.1, -0.05) is 36.4 Å². The van der Waals surface area contributed by atoms with Crippen molar-refractivity contribution >= 4 is 18.2 Å². The molecule has 0 aromatic heterocycles. The van der Waals surface area contributed by atoms with Crippen LogP contribution in [0.2, 0.25) is 0 Å². The molecule has 6 nitrogen and oxygen atoms in total. The van der Waals surface area contributed by atoms with Crippen molar-refractivity contribution in [1.82, 2.24) is 15.1 Å². The van der Waals surface area contributed by atoms with E-state index in [0.717, 1.165) is 12.0 Å². The number of carbonyl (C=O) groups excluding carboxylic acids is 3. The standard InChI is InChI=1S/C20H21N3O3/c24-15-22-9-11-23(12-10-22)20(26)18-8-4-7-17(13-18)19(25)21-14-16-5-2-1-3-6-16/h1-8,13,15H,9-12,14H2,(H,21,25). The quantitative estimate of drug-likeness (QED) is 0.831. The summed E-state index contributed by atoms with van der Waals surface area (Å²) in [6.07, 6.45) is 0.805. The number of rotatable bonds is 5. The van der Waals surface area contributed by atoms with Crippen molar-refractivity contribution < 1.29 is 14.4 Å². The van der Waals surface area contributed by atoms with Gasteiger partial charge < -0.3 is 15.1 Å². The largest absolute Gasteiger partial charge is 0.348 e. The van der Waals surface area contributed by atoms with Crippen molar-refractivity contribution in [2.24, 2.45) is 0 Å². The number of piperazine rings is 1. The molecule has 0 bridgehead atoms. The molecule has 26 heavy (non-hydrogen) atoms. The van der Waals surface area contributed by atoms with Crippen LogP contribution in [0, 0.1) is 0 Å². The normalized spacial score (nSPS) is 14.0. The van der Waals surface area contributed by atoms with Gasteiger partial charge in [0.15, 0.2) is 0 Å². The Kier molecular flexibility index (Phi) is 5.63.